The molecule has 0 fully saturated rings. The van der Waals surface area contributed by atoms with Gasteiger partial charge in [-0.15, -0.1) is 0 Å². The van der Waals surface area contributed by atoms with Crippen LogP contribution in [0.1, 0.15) is 35.1 Å². The zero-order valence-corrected chi connectivity index (χ0v) is 47.0. The number of sulfonamides is 2. The van der Waals surface area contributed by atoms with E-state index in [0.29, 0.717) is 43.4 Å². The molecule has 0 aliphatic carbocycles. The number of nitro benzene ring substituents is 2. The molecular formula is C39H57Cl2I2N5O16S4. The lowest BCUT2D eigenvalue weighted by Gasteiger charge is -2.18. The number of hydrogen-bond acceptors (Lipinski definition) is 17. The largest absolute Gasteiger partial charge is 0.497 e. The molecule has 0 unspecified atom stereocenters. The van der Waals surface area contributed by atoms with Crippen LogP contribution < -0.4 is 24.7 Å². The first-order valence-electron chi connectivity index (χ1n) is 18.6. The van der Waals surface area contributed by atoms with E-state index in [2.05, 4.69) is 45.2 Å². The molecule has 0 aliphatic rings. The summed E-state index contributed by atoms with van der Waals surface area (Å²) in [5, 5.41) is 21.4. The number of methoxy groups -OCH3 is 4. The molecule has 0 bridgehead atoms. The molecule has 0 radical (unpaired) electrons. The summed E-state index contributed by atoms with van der Waals surface area (Å²) in [5.74, 6) is 1.08. The molecule has 29 heteroatoms. The highest BCUT2D eigenvalue weighted by molar-refractivity contribution is 14.1. The Morgan fingerprint density at radius 1 is 0.515 bits per heavy atom. The highest BCUT2D eigenvalue weighted by Gasteiger charge is 2.26. The van der Waals surface area contributed by atoms with E-state index >= 15 is 0 Å². The average Bonchev–Trinajstić information content (AvgIpc) is 3.30. The Hall–Kier alpha value is -3.56. The average molecular weight is 1300 g/mol. The molecule has 0 heterocycles. The van der Waals surface area contributed by atoms with Gasteiger partial charge in [0.1, 0.15) is 11.5 Å². The minimum absolute atomic E-state index is 0. The molecule has 0 atom stereocenters. The Kier molecular flexibility index (Phi) is 33.4. The van der Waals surface area contributed by atoms with Gasteiger partial charge < -0.3 is 24.7 Å². The fourth-order valence-corrected chi connectivity index (χ4v) is 9.49. The fraction of sp³-hybridized carbons (Fsp3) is 0.385. The van der Waals surface area contributed by atoms with Crippen LogP contribution in [0.15, 0.2) is 98.4 Å². The van der Waals surface area contributed by atoms with Crippen LogP contribution in [-0.4, -0.2) is 117 Å². The van der Waals surface area contributed by atoms with E-state index in [1.54, 1.807) is 33.8 Å². The van der Waals surface area contributed by atoms with E-state index in [9.17, 15) is 53.9 Å². The maximum Gasteiger partial charge on any atom is 0.312 e. The summed E-state index contributed by atoms with van der Waals surface area (Å²) in [6.45, 7) is 8.49. The number of rotatable bonds is 16. The zero-order valence-electron chi connectivity index (χ0n) is 37.9. The fourth-order valence-electron chi connectivity index (χ4n) is 4.97. The molecule has 21 nitrogen and oxygen atoms in total. The predicted molar refractivity (Wildman–Crippen MR) is 283 cm³/mol. The maximum atomic E-state index is 12.2. The van der Waals surface area contributed by atoms with Gasteiger partial charge in [-0.05, 0) is 76.6 Å². The van der Waals surface area contributed by atoms with Crippen molar-refractivity contribution in [3.63, 3.8) is 0 Å². The van der Waals surface area contributed by atoms with Gasteiger partial charge in [-0.25, -0.2) is 33.7 Å². The topological polar surface area (TPSA) is 292 Å². The minimum Gasteiger partial charge on any atom is -0.497 e. The highest BCUT2D eigenvalue weighted by Crippen LogP contribution is 2.32. The lowest BCUT2D eigenvalue weighted by molar-refractivity contribution is -0.386. The summed E-state index contributed by atoms with van der Waals surface area (Å²) in [7, 11) is 0.917. The van der Waals surface area contributed by atoms with Crippen LogP contribution >= 0.6 is 66.5 Å². The summed E-state index contributed by atoms with van der Waals surface area (Å²) < 4.78 is 114. The van der Waals surface area contributed by atoms with Crippen LogP contribution in [0.5, 0.6) is 23.0 Å². The van der Waals surface area contributed by atoms with Crippen LogP contribution in [0.3, 0.4) is 0 Å². The Bertz CT molecular complexity index is 2650. The van der Waals surface area contributed by atoms with E-state index < -0.39 is 53.7 Å². The molecular weight excluding hydrogens is 1250 g/mol. The van der Waals surface area contributed by atoms with Gasteiger partial charge in [-0.2, -0.15) is 8.61 Å². The van der Waals surface area contributed by atoms with Crippen molar-refractivity contribution in [3.05, 3.63) is 99.1 Å². The number of benzene rings is 4. The third-order valence-corrected chi connectivity index (χ3v) is 15.0. The molecule has 0 amide bonds. The molecule has 0 aromatic heterocycles. The molecule has 68 heavy (non-hydrogen) atoms. The first-order valence-corrected chi connectivity index (χ1v) is 30.4. The van der Waals surface area contributed by atoms with Crippen molar-refractivity contribution in [2.75, 3.05) is 70.2 Å². The molecule has 4 rings (SSSR count). The lowest BCUT2D eigenvalue weighted by Crippen LogP contribution is -2.30. The van der Waals surface area contributed by atoms with Gasteiger partial charge in [-0.1, -0.05) is 80.3 Å². The van der Waals surface area contributed by atoms with Crippen LogP contribution in [0.2, 0.25) is 0 Å². The second kappa shape index (κ2) is 33.1. The number of nitrogens with zero attached hydrogens (tertiary/aromatic N) is 4. The van der Waals surface area contributed by atoms with Crippen LogP contribution in [-0.2, 0) is 38.1 Å². The van der Waals surface area contributed by atoms with Gasteiger partial charge in [-0.3, -0.25) is 20.2 Å². The van der Waals surface area contributed by atoms with E-state index in [-0.39, 0.29) is 44.2 Å². The van der Waals surface area contributed by atoms with Crippen molar-refractivity contribution in [1.82, 2.24) is 8.61 Å². The molecule has 0 saturated carbocycles. The van der Waals surface area contributed by atoms with E-state index in [1.807, 2.05) is 9.86 Å². The number of nitro groups is 2. The second-order valence-corrected chi connectivity index (χ2v) is 20.8. The first kappa shape index (κ1) is 68.7. The SMILES string of the molecule is C.CCN(CC)S(=O)(=O)c1ccc(OC)c(N)c1.CCN(CC)S(=O)(=O)c1ccc(OC)c([N+](=O)[O-])c1.CI.CI.COc1ccc(S(=O)(=O)Cl)cc1.COc1ccc(S(=O)(=O)Cl)cc1[N+](=O)[O-]. The summed E-state index contributed by atoms with van der Waals surface area (Å²) >= 11 is 4.30. The number of halogens is 4. The van der Waals surface area contributed by atoms with Gasteiger partial charge in [0.05, 0.1) is 63.6 Å². The summed E-state index contributed by atoms with van der Waals surface area (Å²) in [6.07, 6.45) is 0. The van der Waals surface area contributed by atoms with Gasteiger partial charge >= 0.3 is 11.4 Å². The summed E-state index contributed by atoms with van der Waals surface area (Å²) in [4.78, 5) is 23.8. The summed E-state index contributed by atoms with van der Waals surface area (Å²) in [6, 6.07) is 17.1. The highest BCUT2D eigenvalue weighted by atomic mass is 127. The molecule has 4 aromatic carbocycles. The van der Waals surface area contributed by atoms with Crippen molar-refractivity contribution >= 4 is 122 Å². The smallest absolute Gasteiger partial charge is 0.312 e. The molecule has 4 aromatic rings. The quantitative estimate of drug-likeness (QED) is 0.0273. The zero-order chi connectivity index (χ0) is 52.5. The number of ether oxygens (including phenoxy) is 4. The van der Waals surface area contributed by atoms with E-state index in [4.69, 9.17) is 46.0 Å². The third-order valence-electron chi connectivity index (χ3n) is 8.20. The van der Waals surface area contributed by atoms with Gasteiger partial charge in [0, 0.05) is 59.7 Å². The van der Waals surface area contributed by atoms with Gasteiger partial charge in [0.25, 0.3) is 18.1 Å². The summed E-state index contributed by atoms with van der Waals surface area (Å²) in [5.41, 5.74) is 5.21. The molecule has 2 N–H and O–H groups in total. The standard InChI is InChI=1S/C11H16N2O5S.C11H18N2O3S.C7H6ClNO5S.C7H7ClO3S.2CH3I.CH4/c1-4-12(5-2)19(16,17)9-6-7-11(18-3)10(8-9)13(14)15;1-4-13(5-2)17(14,15)9-6-7-11(16-3)10(12)8-9;1-14-7-3-2-5(15(8,12)13)4-6(7)9(10)11;1-11-6-2-4-7(5-3-6)12(8,9)10;2*1-2;/h6-8H,4-5H2,1-3H3;6-8H,4-5,12H2,1-3H3;2-4H,1H3;2-5H,1H3;2*1H3;1H4. The molecule has 0 saturated heterocycles. The third kappa shape index (κ3) is 21.2. The van der Waals surface area contributed by atoms with Crippen molar-refractivity contribution < 1.29 is 62.5 Å². The number of nitrogen functional groups attached to an aromatic ring is 1. The van der Waals surface area contributed by atoms with Crippen LogP contribution in [0, 0.1) is 20.2 Å². The lowest BCUT2D eigenvalue weighted by atomic mass is 10.3. The monoisotopic (exact) mass is 1300 g/mol. The number of anilines is 1. The number of hydrogen-bond donors (Lipinski definition) is 1. The van der Waals surface area contributed by atoms with Crippen molar-refractivity contribution in [3.8, 4) is 23.0 Å². The van der Waals surface area contributed by atoms with Gasteiger partial charge in [0.15, 0.2) is 11.5 Å². The van der Waals surface area contributed by atoms with E-state index in [0.717, 1.165) is 18.2 Å². The molecule has 0 spiro atoms. The Morgan fingerprint density at radius 3 is 1.09 bits per heavy atom. The maximum absolute atomic E-state index is 12.2. The second-order valence-electron chi connectivity index (χ2n) is 11.8. The van der Waals surface area contributed by atoms with E-state index in [1.165, 1.54) is 91.6 Å². The minimum atomic E-state index is -3.97. The molecule has 0 aliphatic heterocycles. The Balaban J connectivity index is -0.000000812. The molecule has 386 valence electrons. The number of nitrogens with two attached hydrogens (primary N) is 1. The van der Waals surface area contributed by atoms with Crippen LogP contribution in [0.25, 0.3) is 0 Å². The Morgan fingerprint density at radius 2 is 0.809 bits per heavy atom. The number of alkyl halides is 2. The van der Waals surface area contributed by atoms with Gasteiger partial charge in [0.2, 0.25) is 20.0 Å². The van der Waals surface area contributed by atoms with Crippen LogP contribution in [0.4, 0.5) is 17.1 Å². The predicted octanol–water partition coefficient (Wildman–Crippen LogP) is 8.83. The van der Waals surface area contributed by atoms with Crippen molar-refractivity contribution in [1.29, 1.82) is 0 Å². The Labute approximate surface area is 436 Å². The van der Waals surface area contributed by atoms with Crippen molar-refractivity contribution in [2.45, 2.75) is 54.7 Å². The first-order chi connectivity index (χ1) is 31.2. The normalized spacial score (nSPS) is 10.8. The van der Waals surface area contributed by atoms with Crippen molar-refractivity contribution in [2.24, 2.45) is 0 Å².